The number of nitrogens with zero attached hydrogens (tertiary/aromatic N) is 2. The number of ether oxygens (including phenoxy) is 1. The Kier molecular flexibility index (Phi) is 8.39. The summed E-state index contributed by atoms with van der Waals surface area (Å²) in [4.78, 5) is 31.7. The number of anilines is 1. The molecule has 0 fully saturated rings. The summed E-state index contributed by atoms with van der Waals surface area (Å²) in [5, 5.41) is 5.64. The van der Waals surface area contributed by atoms with E-state index in [1.807, 2.05) is 24.4 Å². The minimum absolute atomic E-state index is 0.0137. The second kappa shape index (κ2) is 11.4. The Bertz CT molecular complexity index is 1050. The maximum Gasteiger partial charge on any atom is 0.244 e. The molecule has 0 bridgehead atoms. The minimum Gasteiger partial charge on any atom is -0.495 e. The van der Waals surface area contributed by atoms with Crippen LogP contribution in [0.5, 0.6) is 5.75 Å². The molecule has 0 saturated heterocycles. The van der Waals surface area contributed by atoms with Crippen molar-refractivity contribution in [2.75, 3.05) is 25.5 Å². The molecule has 168 valence electrons. The normalized spacial score (nSPS) is 10.6. The highest BCUT2D eigenvalue weighted by atomic mass is 32.1. The molecule has 0 unspecified atom stereocenters. The molecule has 0 aliphatic heterocycles. The highest BCUT2D eigenvalue weighted by Gasteiger charge is 2.19. The van der Waals surface area contributed by atoms with Crippen molar-refractivity contribution in [2.45, 2.75) is 33.1 Å². The number of carbonyl (C=O) groups excluding carboxylic acids is 2. The Balaban J connectivity index is 1.63. The third-order valence-electron chi connectivity index (χ3n) is 5.05. The molecule has 0 aliphatic rings. The fourth-order valence-electron chi connectivity index (χ4n) is 3.34. The van der Waals surface area contributed by atoms with Crippen molar-refractivity contribution < 1.29 is 14.3 Å². The molecule has 0 radical (unpaired) electrons. The summed E-state index contributed by atoms with van der Waals surface area (Å²) in [6.07, 6.45) is 1.93. The van der Waals surface area contributed by atoms with E-state index in [4.69, 9.17) is 4.74 Å². The monoisotopic (exact) mass is 451 g/mol. The van der Waals surface area contributed by atoms with Gasteiger partial charge in [0.1, 0.15) is 10.8 Å². The predicted octanol–water partition coefficient (Wildman–Crippen LogP) is 4.80. The molecule has 1 N–H and O–H groups in total. The summed E-state index contributed by atoms with van der Waals surface area (Å²) in [6.45, 7) is 4.61. The lowest BCUT2D eigenvalue weighted by molar-refractivity contribution is -0.134. The average Bonchev–Trinajstić information content (AvgIpc) is 3.27. The molecule has 32 heavy (non-hydrogen) atoms. The van der Waals surface area contributed by atoms with E-state index in [0.29, 0.717) is 18.0 Å². The number of rotatable bonds is 10. The van der Waals surface area contributed by atoms with Gasteiger partial charge in [-0.25, -0.2) is 4.98 Å². The molecule has 0 atom stereocenters. The van der Waals surface area contributed by atoms with E-state index in [1.165, 1.54) is 16.9 Å². The number of carbonyl (C=O) groups is 2. The van der Waals surface area contributed by atoms with Crippen LogP contribution in [0.4, 0.5) is 5.69 Å². The zero-order valence-electron chi connectivity index (χ0n) is 18.8. The molecule has 3 aromatic rings. The van der Waals surface area contributed by atoms with Gasteiger partial charge in [-0.1, -0.05) is 50.2 Å². The Morgan fingerprint density at radius 1 is 1.09 bits per heavy atom. The van der Waals surface area contributed by atoms with Gasteiger partial charge in [-0.05, 0) is 30.5 Å². The lowest BCUT2D eigenvalue weighted by Gasteiger charge is -2.21. The van der Waals surface area contributed by atoms with Crippen LogP contribution in [-0.4, -0.2) is 41.9 Å². The summed E-state index contributed by atoms with van der Waals surface area (Å²) in [6, 6.07) is 15.5. The van der Waals surface area contributed by atoms with E-state index in [9.17, 15) is 9.59 Å². The minimum atomic E-state index is -0.258. The third kappa shape index (κ3) is 6.17. The average molecular weight is 452 g/mol. The fraction of sp³-hybridized carbons (Fsp3) is 0.320. The number of nitrogens with one attached hydrogen (secondary N) is 1. The third-order valence-corrected chi connectivity index (χ3v) is 6.00. The van der Waals surface area contributed by atoms with Crippen LogP contribution in [0.1, 0.15) is 31.5 Å². The maximum absolute atomic E-state index is 12.9. The fourth-order valence-corrected chi connectivity index (χ4v) is 4.17. The van der Waals surface area contributed by atoms with Crippen molar-refractivity contribution >= 4 is 28.8 Å². The zero-order chi connectivity index (χ0) is 22.9. The molecule has 6 nitrogen and oxygen atoms in total. The van der Waals surface area contributed by atoms with E-state index in [0.717, 1.165) is 29.1 Å². The van der Waals surface area contributed by atoms with Crippen LogP contribution in [0.3, 0.4) is 0 Å². The van der Waals surface area contributed by atoms with Gasteiger partial charge in [0.15, 0.2) is 0 Å². The van der Waals surface area contributed by atoms with Crippen molar-refractivity contribution in [3.05, 3.63) is 65.2 Å². The van der Waals surface area contributed by atoms with Crippen molar-refractivity contribution in [2.24, 2.45) is 0 Å². The lowest BCUT2D eigenvalue weighted by Crippen LogP contribution is -2.39. The number of methoxy groups -OCH3 is 1. The summed E-state index contributed by atoms with van der Waals surface area (Å²) >= 11 is 1.53. The van der Waals surface area contributed by atoms with Gasteiger partial charge < -0.3 is 15.0 Å². The largest absolute Gasteiger partial charge is 0.495 e. The van der Waals surface area contributed by atoms with Gasteiger partial charge in [0.2, 0.25) is 11.8 Å². The number of aromatic nitrogens is 1. The van der Waals surface area contributed by atoms with Crippen LogP contribution < -0.4 is 10.1 Å². The first kappa shape index (κ1) is 23.5. The molecule has 7 heteroatoms. The van der Waals surface area contributed by atoms with Crippen LogP contribution in [0, 0.1) is 0 Å². The van der Waals surface area contributed by atoms with Gasteiger partial charge in [0.05, 0.1) is 31.5 Å². The lowest BCUT2D eigenvalue weighted by atomic mass is 10.1. The first-order valence-electron chi connectivity index (χ1n) is 10.8. The number of aryl methyl sites for hydroxylation is 1. The predicted molar refractivity (Wildman–Crippen MR) is 129 cm³/mol. The quantitative estimate of drug-likeness (QED) is 0.481. The molecular weight excluding hydrogens is 422 g/mol. The Labute approximate surface area is 193 Å². The van der Waals surface area contributed by atoms with Crippen LogP contribution >= 0.6 is 11.3 Å². The summed E-state index contributed by atoms with van der Waals surface area (Å²) in [5.41, 5.74) is 3.64. The van der Waals surface area contributed by atoms with Gasteiger partial charge in [-0.3, -0.25) is 9.59 Å². The van der Waals surface area contributed by atoms with E-state index in [1.54, 1.807) is 24.1 Å². The second-order valence-corrected chi connectivity index (χ2v) is 8.29. The van der Waals surface area contributed by atoms with Crippen molar-refractivity contribution in [3.8, 4) is 16.3 Å². The number of hydrogen-bond acceptors (Lipinski definition) is 5. The van der Waals surface area contributed by atoms with Crippen molar-refractivity contribution in [3.63, 3.8) is 0 Å². The smallest absolute Gasteiger partial charge is 0.244 e. The van der Waals surface area contributed by atoms with Crippen LogP contribution in [0.2, 0.25) is 0 Å². The standard InChI is InChI=1S/C25H29N3O3S/c1-4-14-28(16-23(29)27-21-8-6-7-9-22(21)31-3)24(30)15-20-17-32-25(26-20)19-12-10-18(5-2)11-13-19/h6-13,17H,4-5,14-16H2,1-3H3,(H,27,29). The van der Waals surface area contributed by atoms with Crippen molar-refractivity contribution in [1.29, 1.82) is 0 Å². The van der Waals surface area contributed by atoms with Gasteiger partial charge in [0.25, 0.3) is 0 Å². The Morgan fingerprint density at radius 3 is 2.53 bits per heavy atom. The van der Waals surface area contributed by atoms with Gasteiger partial charge in [-0.2, -0.15) is 0 Å². The maximum atomic E-state index is 12.9. The summed E-state index contributed by atoms with van der Waals surface area (Å²) < 4.78 is 5.27. The van der Waals surface area contributed by atoms with Crippen LogP contribution in [0.15, 0.2) is 53.9 Å². The first-order chi connectivity index (χ1) is 15.5. The highest BCUT2D eigenvalue weighted by molar-refractivity contribution is 7.13. The molecule has 2 aromatic carbocycles. The van der Waals surface area contributed by atoms with Crippen molar-refractivity contribution in [1.82, 2.24) is 9.88 Å². The van der Waals surface area contributed by atoms with Crippen LogP contribution in [-0.2, 0) is 22.4 Å². The van der Waals surface area contributed by atoms with Gasteiger partial charge in [0, 0.05) is 17.5 Å². The Hall–Kier alpha value is -3.19. The molecule has 0 spiro atoms. The van der Waals surface area contributed by atoms with Gasteiger partial charge >= 0.3 is 0 Å². The highest BCUT2D eigenvalue weighted by Crippen LogP contribution is 2.25. The number of amides is 2. The SMILES string of the molecule is CCCN(CC(=O)Nc1ccccc1OC)C(=O)Cc1csc(-c2ccc(CC)cc2)n1. The van der Waals surface area contributed by atoms with E-state index >= 15 is 0 Å². The topological polar surface area (TPSA) is 71.5 Å². The molecular formula is C25H29N3O3S. The summed E-state index contributed by atoms with van der Waals surface area (Å²) in [5.74, 6) is 0.211. The zero-order valence-corrected chi connectivity index (χ0v) is 19.6. The van der Waals surface area contributed by atoms with Crippen LogP contribution in [0.25, 0.3) is 10.6 Å². The molecule has 2 amide bonds. The second-order valence-electron chi connectivity index (χ2n) is 7.44. The molecule has 0 saturated carbocycles. The number of thiazole rings is 1. The van der Waals surface area contributed by atoms with E-state index in [2.05, 4.69) is 41.5 Å². The number of hydrogen-bond donors (Lipinski definition) is 1. The van der Waals surface area contributed by atoms with E-state index in [-0.39, 0.29) is 24.8 Å². The number of benzene rings is 2. The van der Waals surface area contributed by atoms with Gasteiger partial charge in [-0.15, -0.1) is 11.3 Å². The molecule has 3 rings (SSSR count). The first-order valence-corrected chi connectivity index (χ1v) is 11.7. The number of para-hydroxylation sites is 2. The molecule has 1 aromatic heterocycles. The summed E-state index contributed by atoms with van der Waals surface area (Å²) in [7, 11) is 1.55. The molecule has 1 heterocycles. The Morgan fingerprint density at radius 2 is 1.84 bits per heavy atom. The molecule has 0 aliphatic carbocycles. The van der Waals surface area contributed by atoms with E-state index < -0.39 is 0 Å².